The van der Waals surface area contributed by atoms with Crippen LogP contribution in [0.25, 0.3) is 5.52 Å². The van der Waals surface area contributed by atoms with Crippen LogP contribution >= 0.6 is 0 Å². The molecule has 0 aliphatic rings. The van der Waals surface area contributed by atoms with Gasteiger partial charge in [-0.1, -0.05) is 6.07 Å². The highest BCUT2D eigenvalue weighted by atomic mass is 16.6. The zero-order valence-electron chi connectivity index (χ0n) is 12.8. The maximum Gasteiger partial charge on any atom is 0.385 e. The number of likely N-dealkylation sites (N-methyl/N-ethyl adjacent to an activating group) is 1. The van der Waals surface area contributed by atoms with E-state index < -0.39 is 0 Å². The molecule has 0 aliphatic carbocycles. The van der Waals surface area contributed by atoms with Gasteiger partial charge in [-0.25, -0.2) is 9.72 Å². The maximum absolute atomic E-state index is 11.4. The molecule has 2 N–H and O–H groups in total. The predicted molar refractivity (Wildman–Crippen MR) is 80.9 cm³/mol. The van der Waals surface area contributed by atoms with E-state index in [1.54, 1.807) is 22.8 Å². The van der Waals surface area contributed by atoms with Crippen LogP contribution in [0.3, 0.4) is 0 Å². The largest absolute Gasteiger partial charge is 0.385 e. The molecular weight excluding hydrogens is 270 g/mol. The molecule has 0 bridgehead atoms. The summed E-state index contributed by atoms with van der Waals surface area (Å²) in [6.45, 7) is 8.02. The van der Waals surface area contributed by atoms with Crippen molar-refractivity contribution in [1.29, 1.82) is 0 Å². The molecule has 114 valence electrons. The quantitative estimate of drug-likeness (QED) is 0.605. The molecule has 0 saturated carbocycles. The summed E-state index contributed by atoms with van der Waals surface area (Å²) in [7, 11) is 2.19. The van der Waals surface area contributed by atoms with Crippen molar-refractivity contribution in [1.82, 2.24) is 9.61 Å². The Morgan fingerprint density at radius 3 is 2.71 bits per heavy atom. The van der Waals surface area contributed by atoms with E-state index in [9.17, 15) is 10.1 Å². The van der Waals surface area contributed by atoms with Gasteiger partial charge in [0.2, 0.25) is 5.82 Å². The zero-order valence-corrected chi connectivity index (χ0v) is 12.8. The van der Waals surface area contributed by atoms with Crippen molar-refractivity contribution < 1.29 is 14.6 Å². The third-order valence-electron chi connectivity index (χ3n) is 4.18. The summed E-state index contributed by atoms with van der Waals surface area (Å²) in [4.78, 5) is 11.3. The number of nitrogens with one attached hydrogen (secondary N) is 1. The average Bonchev–Trinajstić information content (AvgIpc) is 2.85. The minimum atomic E-state index is -0.127. The van der Waals surface area contributed by atoms with Gasteiger partial charge in [0.25, 0.3) is 4.92 Å². The van der Waals surface area contributed by atoms with Gasteiger partial charge in [0, 0.05) is 6.20 Å². The number of fused-ring (bicyclic) bond motifs is 1. The Morgan fingerprint density at radius 1 is 1.38 bits per heavy atom. The minimum Gasteiger partial charge on any atom is -0.357 e. The van der Waals surface area contributed by atoms with Crippen molar-refractivity contribution in [2.24, 2.45) is 0 Å². The Balaban J connectivity index is 2.19. The molecule has 0 atom stereocenters. The molecule has 0 unspecified atom stereocenters. The van der Waals surface area contributed by atoms with E-state index in [0.29, 0.717) is 17.9 Å². The van der Waals surface area contributed by atoms with E-state index in [1.807, 2.05) is 6.07 Å². The Labute approximate surface area is 123 Å². The lowest BCUT2D eigenvalue weighted by Gasteiger charge is -2.32. The fourth-order valence-corrected chi connectivity index (χ4v) is 2.28. The molecule has 0 fully saturated rings. The highest BCUT2D eigenvalue weighted by molar-refractivity contribution is 5.76. The molecule has 7 heteroatoms. The first kappa shape index (κ1) is 15.2. The summed E-state index contributed by atoms with van der Waals surface area (Å²) in [6.07, 6.45) is 1.74. The number of nitrogens with zero attached hydrogens (tertiary/aromatic N) is 4. The van der Waals surface area contributed by atoms with Crippen LogP contribution in [0, 0.1) is 4.91 Å². The van der Waals surface area contributed by atoms with Crippen LogP contribution in [0.5, 0.6) is 0 Å². The SMILES string of the molecule is CC[N+](C)(CC)CCNc1nn2ccccc2c1[N+](=O)O. The van der Waals surface area contributed by atoms with Crippen molar-refractivity contribution in [3.8, 4) is 0 Å². The molecule has 2 aromatic heterocycles. The van der Waals surface area contributed by atoms with Crippen molar-refractivity contribution in [2.75, 3.05) is 38.5 Å². The first-order chi connectivity index (χ1) is 10.0. The Morgan fingerprint density at radius 2 is 2.10 bits per heavy atom. The van der Waals surface area contributed by atoms with E-state index in [-0.39, 0.29) is 10.6 Å². The topological polar surface area (TPSA) is 69.6 Å². The third kappa shape index (κ3) is 3.13. The number of rotatable bonds is 7. The number of quaternary nitrogens is 1. The van der Waals surface area contributed by atoms with Gasteiger partial charge < -0.3 is 9.80 Å². The second-order valence-electron chi connectivity index (χ2n) is 5.40. The van der Waals surface area contributed by atoms with E-state index in [2.05, 4.69) is 31.3 Å². The fourth-order valence-electron chi connectivity index (χ4n) is 2.28. The minimum absolute atomic E-state index is 0.127. The fraction of sp³-hybridized carbons (Fsp3) is 0.500. The van der Waals surface area contributed by atoms with Gasteiger partial charge in [0.15, 0.2) is 5.52 Å². The van der Waals surface area contributed by atoms with Crippen molar-refractivity contribution in [3.63, 3.8) is 0 Å². The van der Waals surface area contributed by atoms with Crippen LogP contribution in [0.4, 0.5) is 11.5 Å². The average molecular weight is 293 g/mol. The van der Waals surface area contributed by atoms with Gasteiger partial charge in [-0.3, -0.25) is 0 Å². The van der Waals surface area contributed by atoms with Gasteiger partial charge in [0.1, 0.15) is 0 Å². The molecule has 2 aromatic rings. The van der Waals surface area contributed by atoms with Crippen LogP contribution in [0.2, 0.25) is 0 Å². The molecular formula is C14H23N5O2+2. The highest BCUT2D eigenvalue weighted by Gasteiger charge is 2.28. The molecule has 2 rings (SSSR count). The lowest BCUT2D eigenvalue weighted by Crippen LogP contribution is -2.46. The van der Waals surface area contributed by atoms with E-state index in [4.69, 9.17) is 0 Å². The lowest BCUT2D eigenvalue weighted by molar-refractivity contribution is -0.904. The Kier molecular flexibility index (Phi) is 4.42. The van der Waals surface area contributed by atoms with Crippen LogP contribution in [0.15, 0.2) is 24.4 Å². The van der Waals surface area contributed by atoms with Crippen molar-refractivity contribution >= 4 is 17.0 Å². The first-order valence-corrected chi connectivity index (χ1v) is 7.21. The van der Waals surface area contributed by atoms with Gasteiger partial charge in [-0.2, -0.15) is 0 Å². The van der Waals surface area contributed by atoms with Gasteiger partial charge in [-0.05, 0) is 26.0 Å². The molecule has 0 aliphatic heterocycles. The predicted octanol–water partition coefficient (Wildman–Crippen LogP) is 2.03. The van der Waals surface area contributed by atoms with E-state index in [1.165, 1.54) is 0 Å². The Hall–Kier alpha value is -2.15. The summed E-state index contributed by atoms with van der Waals surface area (Å²) < 4.78 is 2.52. The highest BCUT2D eigenvalue weighted by Crippen LogP contribution is 2.27. The molecule has 0 spiro atoms. The molecule has 0 saturated heterocycles. The summed E-state index contributed by atoms with van der Waals surface area (Å²) >= 11 is 0. The zero-order chi connectivity index (χ0) is 15.5. The standard InChI is InChI=1S/C14H23N5O2/c1-4-19(3,5-2)11-9-15-14-13(18(20)21)12-8-6-7-10-17(12)16-14/h6-8,10H,4-5,9,11H2,1-3H3,(H,15,16)(H,20,21)/q+2. The van der Waals surface area contributed by atoms with Gasteiger partial charge in [-0.15, -0.1) is 5.10 Å². The summed E-state index contributed by atoms with van der Waals surface area (Å²) in [6, 6.07) is 5.37. The van der Waals surface area contributed by atoms with Crippen molar-refractivity contribution in [2.45, 2.75) is 13.8 Å². The van der Waals surface area contributed by atoms with Crippen LogP contribution in [-0.2, 0) is 0 Å². The van der Waals surface area contributed by atoms with Gasteiger partial charge >= 0.3 is 5.69 Å². The van der Waals surface area contributed by atoms with E-state index in [0.717, 1.165) is 24.1 Å². The second-order valence-corrected chi connectivity index (χ2v) is 5.40. The van der Waals surface area contributed by atoms with Crippen LogP contribution in [-0.4, -0.2) is 57.5 Å². The second kappa shape index (κ2) is 6.09. The summed E-state index contributed by atoms with van der Waals surface area (Å²) in [5, 5.41) is 16.8. The van der Waals surface area contributed by atoms with Crippen molar-refractivity contribution in [3.05, 3.63) is 29.3 Å². The molecule has 0 radical (unpaired) electrons. The molecule has 21 heavy (non-hydrogen) atoms. The first-order valence-electron chi connectivity index (χ1n) is 7.21. The molecule has 2 heterocycles. The number of hydrogen-bond donors (Lipinski definition) is 2. The molecule has 0 aromatic carbocycles. The lowest BCUT2D eigenvalue weighted by atomic mass is 10.3. The number of anilines is 1. The number of pyridine rings is 1. The Bertz CT molecular complexity index is 633. The summed E-state index contributed by atoms with van der Waals surface area (Å²) in [5.41, 5.74) is 0.721. The van der Waals surface area contributed by atoms with Gasteiger partial charge in [0.05, 0.1) is 38.1 Å². The number of hydrogen-bond acceptors (Lipinski definition) is 3. The maximum atomic E-state index is 11.4. The van der Waals surface area contributed by atoms with E-state index >= 15 is 0 Å². The monoisotopic (exact) mass is 293 g/mol. The van der Waals surface area contributed by atoms with Crippen LogP contribution in [0.1, 0.15) is 13.8 Å². The normalized spacial score (nSPS) is 11.8. The van der Waals surface area contributed by atoms with Crippen LogP contribution < -0.4 is 5.32 Å². The third-order valence-corrected chi connectivity index (χ3v) is 4.18. The molecule has 7 nitrogen and oxygen atoms in total. The number of aromatic nitrogens is 2. The smallest absolute Gasteiger partial charge is 0.357 e. The molecule has 0 amide bonds. The summed E-state index contributed by atoms with van der Waals surface area (Å²) in [5.74, 6) is 0.400.